The monoisotopic (exact) mass is 243 g/mol. The van der Waals surface area contributed by atoms with Crippen LogP contribution in [0.1, 0.15) is 27.2 Å². The van der Waals surface area contributed by atoms with Gasteiger partial charge in [-0.15, -0.1) is 6.58 Å². The van der Waals surface area contributed by atoms with Crippen LogP contribution in [0, 0.1) is 11.3 Å². The van der Waals surface area contributed by atoms with Gasteiger partial charge in [-0.05, 0) is 17.8 Å². The number of hydrogen-bond donors (Lipinski definition) is 1. The minimum Gasteiger partial charge on any atom is -0.383 e. The number of hydrogen-bond acceptors (Lipinski definition) is 3. The molecule has 0 aliphatic carbocycles. The quantitative estimate of drug-likeness (QED) is 0.447. The van der Waals surface area contributed by atoms with E-state index in [0.29, 0.717) is 5.92 Å². The molecule has 0 aliphatic heterocycles. The molecule has 0 aromatic heterocycles. The lowest BCUT2D eigenvalue weighted by molar-refractivity contribution is 0.0893. The predicted molar refractivity (Wildman–Crippen MR) is 73.3 cm³/mol. The molecule has 0 heterocycles. The van der Waals surface area contributed by atoms with E-state index in [9.17, 15) is 0 Å². The second kappa shape index (κ2) is 9.63. The van der Waals surface area contributed by atoms with Crippen molar-refractivity contribution >= 4 is 0 Å². The molecule has 3 heteroatoms. The van der Waals surface area contributed by atoms with Gasteiger partial charge in [-0.1, -0.05) is 26.8 Å². The van der Waals surface area contributed by atoms with Crippen LogP contribution in [0.5, 0.6) is 0 Å². The summed E-state index contributed by atoms with van der Waals surface area (Å²) in [7, 11) is 1.72. The zero-order valence-electron chi connectivity index (χ0n) is 11.9. The summed E-state index contributed by atoms with van der Waals surface area (Å²) in [5.74, 6) is 0.602. The molecule has 0 fully saturated rings. The van der Waals surface area contributed by atoms with Crippen molar-refractivity contribution < 1.29 is 9.47 Å². The molecule has 0 aromatic rings. The second-order valence-corrected chi connectivity index (χ2v) is 5.25. The van der Waals surface area contributed by atoms with Crippen LogP contribution in [0.4, 0.5) is 0 Å². The van der Waals surface area contributed by atoms with Crippen LogP contribution >= 0.6 is 0 Å². The van der Waals surface area contributed by atoms with Crippen LogP contribution < -0.4 is 5.32 Å². The van der Waals surface area contributed by atoms with Crippen molar-refractivity contribution in [3.63, 3.8) is 0 Å². The summed E-state index contributed by atoms with van der Waals surface area (Å²) in [6.45, 7) is 14.6. The lowest BCUT2D eigenvalue weighted by atomic mass is 9.87. The van der Waals surface area contributed by atoms with Gasteiger partial charge < -0.3 is 14.8 Å². The zero-order chi connectivity index (χ0) is 13.1. The Morgan fingerprint density at radius 1 is 1.35 bits per heavy atom. The van der Waals surface area contributed by atoms with E-state index in [-0.39, 0.29) is 5.41 Å². The van der Waals surface area contributed by atoms with Crippen LogP contribution in [0.2, 0.25) is 0 Å². The van der Waals surface area contributed by atoms with Crippen LogP contribution in [-0.2, 0) is 9.47 Å². The number of rotatable bonds is 11. The first-order valence-corrected chi connectivity index (χ1v) is 6.45. The molecule has 0 aromatic carbocycles. The third kappa shape index (κ3) is 9.33. The van der Waals surface area contributed by atoms with Gasteiger partial charge >= 0.3 is 0 Å². The van der Waals surface area contributed by atoms with E-state index in [1.165, 1.54) is 0 Å². The van der Waals surface area contributed by atoms with Gasteiger partial charge in [0.15, 0.2) is 0 Å². The van der Waals surface area contributed by atoms with Crippen molar-refractivity contribution in [2.45, 2.75) is 27.2 Å². The van der Waals surface area contributed by atoms with E-state index in [0.717, 1.165) is 39.3 Å². The molecule has 0 spiro atoms. The fraction of sp³-hybridized carbons (Fsp3) is 0.857. The molecule has 0 rings (SSSR count). The molecule has 102 valence electrons. The van der Waals surface area contributed by atoms with Crippen LogP contribution in [-0.4, -0.2) is 40.0 Å². The first-order valence-electron chi connectivity index (χ1n) is 6.45. The Bertz CT molecular complexity index is 195. The summed E-state index contributed by atoms with van der Waals surface area (Å²) < 4.78 is 10.6. The van der Waals surface area contributed by atoms with E-state index < -0.39 is 0 Å². The predicted octanol–water partition coefficient (Wildman–Crippen LogP) is 2.48. The summed E-state index contributed by atoms with van der Waals surface area (Å²) in [5, 5.41) is 3.38. The molecule has 0 radical (unpaired) electrons. The smallest absolute Gasteiger partial charge is 0.0587 e. The van der Waals surface area contributed by atoms with E-state index in [1.54, 1.807) is 7.11 Å². The molecule has 17 heavy (non-hydrogen) atoms. The van der Waals surface area contributed by atoms with E-state index in [4.69, 9.17) is 9.47 Å². The lowest BCUT2D eigenvalue weighted by Crippen LogP contribution is -2.33. The van der Waals surface area contributed by atoms with Gasteiger partial charge in [-0.3, -0.25) is 0 Å². The summed E-state index contributed by atoms with van der Waals surface area (Å²) in [6.07, 6.45) is 3.02. The molecule has 0 amide bonds. The largest absolute Gasteiger partial charge is 0.383 e. The standard InChI is InChI=1S/C14H29NO2/c1-6-14(4,12-15-8-10-16-5)7-9-17-11-13(2)3/h6,13,15H,1,7-12H2,2-5H3. The first-order chi connectivity index (χ1) is 8.04. The topological polar surface area (TPSA) is 30.5 Å². The van der Waals surface area contributed by atoms with Crippen LogP contribution in [0.15, 0.2) is 12.7 Å². The molecular formula is C14H29NO2. The van der Waals surface area contributed by atoms with Crippen molar-refractivity contribution in [2.24, 2.45) is 11.3 Å². The fourth-order valence-corrected chi connectivity index (χ4v) is 1.44. The van der Waals surface area contributed by atoms with Gasteiger partial charge in [0, 0.05) is 33.4 Å². The number of methoxy groups -OCH3 is 1. The number of ether oxygens (including phenoxy) is 2. The molecule has 1 unspecified atom stereocenters. The maximum atomic E-state index is 5.62. The van der Waals surface area contributed by atoms with Gasteiger partial charge in [0.05, 0.1) is 6.61 Å². The molecule has 0 bridgehead atoms. The summed E-state index contributed by atoms with van der Waals surface area (Å²) >= 11 is 0. The molecule has 1 atom stereocenters. The molecule has 0 saturated heterocycles. The van der Waals surface area contributed by atoms with Gasteiger partial charge in [-0.25, -0.2) is 0 Å². The zero-order valence-corrected chi connectivity index (χ0v) is 11.9. The highest BCUT2D eigenvalue weighted by atomic mass is 16.5. The third-order valence-corrected chi connectivity index (χ3v) is 2.77. The Balaban J connectivity index is 3.73. The average Bonchev–Trinajstić information content (AvgIpc) is 2.30. The van der Waals surface area contributed by atoms with Crippen molar-refractivity contribution in [1.82, 2.24) is 5.32 Å². The van der Waals surface area contributed by atoms with E-state index >= 15 is 0 Å². The molecule has 0 aliphatic rings. The van der Waals surface area contributed by atoms with Crippen molar-refractivity contribution in [3.8, 4) is 0 Å². The molecule has 1 N–H and O–H groups in total. The molecular weight excluding hydrogens is 214 g/mol. The van der Waals surface area contributed by atoms with Crippen molar-refractivity contribution in [1.29, 1.82) is 0 Å². The normalized spacial score (nSPS) is 14.9. The van der Waals surface area contributed by atoms with Gasteiger partial charge in [0.1, 0.15) is 0 Å². The van der Waals surface area contributed by atoms with E-state index in [1.807, 2.05) is 6.08 Å². The Kier molecular flexibility index (Phi) is 9.41. The minimum atomic E-state index is 0.102. The maximum Gasteiger partial charge on any atom is 0.0587 e. The Hall–Kier alpha value is -0.380. The molecule has 3 nitrogen and oxygen atoms in total. The average molecular weight is 243 g/mol. The Labute approximate surface area is 107 Å². The summed E-state index contributed by atoms with van der Waals surface area (Å²) in [5.41, 5.74) is 0.102. The van der Waals surface area contributed by atoms with Crippen molar-refractivity contribution in [2.75, 3.05) is 40.0 Å². The Morgan fingerprint density at radius 2 is 2.06 bits per heavy atom. The van der Waals surface area contributed by atoms with Gasteiger partial charge in [-0.2, -0.15) is 0 Å². The third-order valence-electron chi connectivity index (χ3n) is 2.77. The number of nitrogens with one attached hydrogen (secondary N) is 1. The minimum absolute atomic E-state index is 0.102. The highest BCUT2D eigenvalue weighted by Crippen LogP contribution is 2.21. The first kappa shape index (κ1) is 16.6. The fourth-order valence-electron chi connectivity index (χ4n) is 1.44. The van der Waals surface area contributed by atoms with Gasteiger partial charge in [0.2, 0.25) is 0 Å². The summed E-state index contributed by atoms with van der Waals surface area (Å²) in [6, 6.07) is 0. The van der Waals surface area contributed by atoms with Crippen LogP contribution in [0.25, 0.3) is 0 Å². The van der Waals surface area contributed by atoms with Crippen molar-refractivity contribution in [3.05, 3.63) is 12.7 Å². The lowest BCUT2D eigenvalue weighted by Gasteiger charge is -2.26. The van der Waals surface area contributed by atoms with E-state index in [2.05, 4.69) is 32.7 Å². The second-order valence-electron chi connectivity index (χ2n) is 5.25. The summed E-state index contributed by atoms with van der Waals surface area (Å²) in [4.78, 5) is 0. The Morgan fingerprint density at radius 3 is 2.59 bits per heavy atom. The van der Waals surface area contributed by atoms with Gasteiger partial charge in [0.25, 0.3) is 0 Å². The van der Waals surface area contributed by atoms with Crippen LogP contribution in [0.3, 0.4) is 0 Å². The SMILES string of the molecule is C=CC(C)(CCOCC(C)C)CNCCOC. The highest BCUT2D eigenvalue weighted by Gasteiger charge is 2.19. The maximum absolute atomic E-state index is 5.62. The highest BCUT2D eigenvalue weighted by molar-refractivity contribution is 4.92. The molecule has 0 saturated carbocycles.